The molecule has 1 fully saturated rings. The van der Waals surface area contributed by atoms with Gasteiger partial charge in [0.15, 0.2) is 0 Å². The lowest BCUT2D eigenvalue weighted by atomic mass is 10.0. The second-order valence-electron chi connectivity index (χ2n) is 5.22. The molecule has 0 saturated carbocycles. The largest absolute Gasteiger partial charge is 0.390 e. The number of hydrogen-bond acceptors (Lipinski definition) is 4. The number of halogens is 1. The molecule has 0 spiro atoms. The Morgan fingerprint density at radius 3 is 2.55 bits per heavy atom. The molecule has 1 saturated heterocycles. The third kappa shape index (κ3) is 5.77. The van der Waals surface area contributed by atoms with Gasteiger partial charge in [0.2, 0.25) is 0 Å². The van der Waals surface area contributed by atoms with E-state index < -0.39 is 6.10 Å². The molecule has 0 unspecified atom stereocenters. The maximum Gasteiger partial charge on any atom is 0.0818 e. The average Bonchev–Trinajstić information content (AvgIpc) is 2.47. The Kier molecular flexibility index (Phi) is 8.11. The Balaban J connectivity index is 0.00000200. The first-order chi connectivity index (χ1) is 9.25. The molecule has 1 heterocycles. The third-order valence-electron chi connectivity index (χ3n) is 3.65. The van der Waals surface area contributed by atoms with E-state index in [0.717, 1.165) is 26.1 Å². The average molecular weight is 301 g/mol. The Morgan fingerprint density at radius 1 is 1.25 bits per heavy atom. The molecule has 4 N–H and O–H groups in total. The van der Waals surface area contributed by atoms with E-state index in [1.165, 1.54) is 5.56 Å². The van der Waals surface area contributed by atoms with E-state index >= 15 is 0 Å². The van der Waals surface area contributed by atoms with E-state index in [1.54, 1.807) is 0 Å². The molecular weight excluding hydrogens is 276 g/mol. The Morgan fingerprint density at radius 2 is 1.90 bits per heavy atom. The normalized spacial score (nSPS) is 19.1. The molecule has 1 aromatic carbocycles. The molecule has 2 atom stereocenters. The fraction of sp³-hybridized carbons (Fsp3) is 0.600. The van der Waals surface area contributed by atoms with Gasteiger partial charge in [-0.1, -0.05) is 30.3 Å². The Labute approximate surface area is 127 Å². The van der Waals surface area contributed by atoms with E-state index in [2.05, 4.69) is 5.32 Å². The van der Waals surface area contributed by atoms with Crippen molar-refractivity contribution >= 4 is 12.4 Å². The summed E-state index contributed by atoms with van der Waals surface area (Å²) in [5, 5.41) is 13.5. The van der Waals surface area contributed by atoms with Crippen molar-refractivity contribution in [3.05, 3.63) is 35.9 Å². The lowest BCUT2D eigenvalue weighted by molar-refractivity contribution is 0.0700. The minimum Gasteiger partial charge on any atom is -0.390 e. The molecule has 0 amide bonds. The van der Waals surface area contributed by atoms with Crippen molar-refractivity contribution in [2.24, 2.45) is 5.73 Å². The number of aliphatic hydroxyl groups is 1. The smallest absolute Gasteiger partial charge is 0.0818 e. The van der Waals surface area contributed by atoms with Crippen LogP contribution in [-0.2, 0) is 11.2 Å². The first-order valence-electron chi connectivity index (χ1n) is 7.04. The zero-order valence-electron chi connectivity index (χ0n) is 11.7. The van der Waals surface area contributed by atoms with E-state index in [9.17, 15) is 5.11 Å². The van der Waals surface area contributed by atoms with Gasteiger partial charge in [-0.05, 0) is 24.8 Å². The lowest BCUT2D eigenvalue weighted by Gasteiger charge is -2.26. The summed E-state index contributed by atoms with van der Waals surface area (Å²) >= 11 is 0. The first-order valence-corrected chi connectivity index (χ1v) is 7.04. The van der Waals surface area contributed by atoms with Crippen LogP contribution in [0.1, 0.15) is 18.4 Å². The minimum absolute atomic E-state index is 0. The second-order valence-corrected chi connectivity index (χ2v) is 5.22. The summed E-state index contributed by atoms with van der Waals surface area (Å²) in [6, 6.07) is 10.3. The zero-order chi connectivity index (χ0) is 13.5. The van der Waals surface area contributed by atoms with Gasteiger partial charge in [0.1, 0.15) is 0 Å². The van der Waals surface area contributed by atoms with E-state index in [-0.39, 0.29) is 18.4 Å². The highest BCUT2D eigenvalue weighted by Crippen LogP contribution is 2.07. The standard InChI is InChI=1S/C15H24N2O2.ClH/c16-14(10-12-4-2-1-3-5-12)15(18)11-17-13-6-8-19-9-7-13;/h1-5,13-15,17-18H,6-11,16H2;1H/t14-,15+;/m0./s1. The number of benzene rings is 1. The van der Waals surface area contributed by atoms with Crippen molar-refractivity contribution in [2.45, 2.75) is 37.5 Å². The number of ether oxygens (including phenoxy) is 1. The predicted octanol–water partition coefficient (Wildman–Crippen LogP) is 1.11. The number of hydrogen-bond donors (Lipinski definition) is 3. The molecule has 2 rings (SSSR count). The molecule has 5 heteroatoms. The SMILES string of the molecule is Cl.N[C@@H](Cc1ccccc1)[C@H](O)CNC1CCOCC1. The summed E-state index contributed by atoms with van der Waals surface area (Å²) < 4.78 is 5.31. The van der Waals surface area contributed by atoms with Crippen LogP contribution in [0.4, 0.5) is 0 Å². The molecule has 0 aromatic heterocycles. The van der Waals surface area contributed by atoms with Crippen LogP contribution in [0.5, 0.6) is 0 Å². The topological polar surface area (TPSA) is 67.5 Å². The summed E-state index contributed by atoms with van der Waals surface area (Å²) in [5.74, 6) is 0. The van der Waals surface area contributed by atoms with E-state index in [0.29, 0.717) is 19.0 Å². The minimum atomic E-state index is -0.511. The van der Waals surface area contributed by atoms with Gasteiger partial charge in [-0.15, -0.1) is 12.4 Å². The van der Waals surface area contributed by atoms with E-state index in [1.807, 2.05) is 30.3 Å². The van der Waals surface area contributed by atoms with Crippen LogP contribution in [0.3, 0.4) is 0 Å². The zero-order valence-corrected chi connectivity index (χ0v) is 12.5. The third-order valence-corrected chi connectivity index (χ3v) is 3.65. The fourth-order valence-corrected chi connectivity index (χ4v) is 2.36. The summed E-state index contributed by atoms with van der Waals surface area (Å²) in [4.78, 5) is 0. The van der Waals surface area contributed by atoms with Crippen LogP contribution in [-0.4, -0.2) is 43.1 Å². The highest BCUT2D eigenvalue weighted by atomic mass is 35.5. The van der Waals surface area contributed by atoms with Crippen molar-refractivity contribution in [1.82, 2.24) is 5.32 Å². The van der Waals surface area contributed by atoms with Crippen LogP contribution >= 0.6 is 12.4 Å². The van der Waals surface area contributed by atoms with Crippen LogP contribution in [0, 0.1) is 0 Å². The monoisotopic (exact) mass is 300 g/mol. The maximum absolute atomic E-state index is 10.1. The fourth-order valence-electron chi connectivity index (χ4n) is 2.36. The van der Waals surface area contributed by atoms with Crippen molar-refractivity contribution in [2.75, 3.05) is 19.8 Å². The Hall–Kier alpha value is -0.650. The van der Waals surface area contributed by atoms with Crippen molar-refractivity contribution < 1.29 is 9.84 Å². The van der Waals surface area contributed by atoms with Gasteiger partial charge < -0.3 is 20.9 Å². The van der Waals surface area contributed by atoms with Crippen molar-refractivity contribution in [3.63, 3.8) is 0 Å². The van der Waals surface area contributed by atoms with Crippen LogP contribution in [0.15, 0.2) is 30.3 Å². The molecule has 4 nitrogen and oxygen atoms in total. The molecule has 1 aromatic rings. The Bertz CT molecular complexity index is 358. The molecule has 1 aliphatic heterocycles. The number of aliphatic hydroxyl groups excluding tert-OH is 1. The molecule has 0 bridgehead atoms. The molecule has 20 heavy (non-hydrogen) atoms. The quantitative estimate of drug-likeness (QED) is 0.736. The summed E-state index contributed by atoms with van der Waals surface area (Å²) in [6.07, 6.45) is 2.22. The first kappa shape index (κ1) is 17.4. The predicted molar refractivity (Wildman–Crippen MR) is 83.2 cm³/mol. The molecule has 0 aliphatic carbocycles. The summed E-state index contributed by atoms with van der Waals surface area (Å²) in [7, 11) is 0. The number of nitrogens with one attached hydrogen (secondary N) is 1. The van der Waals surface area contributed by atoms with E-state index in [4.69, 9.17) is 10.5 Å². The summed E-state index contributed by atoms with van der Waals surface area (Å²) in [5.41, 5.74) is 7.22. The van der Waals surface area contributed by atoms with Crippen LogP contribution < -0.4 is 11.1 Å². The van der Waals surface area contributed by atoms with Crippen molar-refractivity contribution in [3.8, 4) is 0 Å². The lowest BCUT2D eigenvalue weighted by Crippen LogP contribution is -2.46. The summed E-state index contributed by atoms with van der Waals surface area (Å²) in [6.45, 7) is 2.17. The van der Waals surface area contributed by atoms with Gasteiger partial charge in [-0.2, -0.15) is 0 Å². The maximum atomic E-state index is 10.1. The van der Waals surface area contributed by atoms with Crippen LogP contribution in [0.25, 0.3) is 0 Å². The highest BCUT2D eigenvalue weighted by Gasteiger charge is 2.18. The van der Waals surface area contributed by atoms with Gasteiger partial charge in [-0.25, -0.2) is 0 Å². The van der Waals surface area contributed by atoms with Crippen LogP contribution in [0.2, 0.25) is 0 Å². The highest BCUT2D eigenvalue weighted by molar-refractivity contribution is 5.85. The van der Waals surface area contributed by atoms with Gasteiger partial charge >= 0.3 is 0 Å². The molecule has 1 aliphatic rings. The van der Waals surface area contributed by atoms with Crippen molar-refractivity contribution in [1.29, 1.82) is 0 Å². The van der Waals surface area contributed by atoms with Gasteiger partial charge in [0, 0.05) is 31.8 Å². The molecule has 114 valence electrons. The molecule has 0 radical (unpaired) electrons. The number of rotatable bonds is 6. The van der Waals surface area contributed by atoms with Gasteiger partial charge in [-0.3, -0.25) is 0 Å². The molecular formula is C15H25ClN2O2. The second kappa shape index (κ2) is 9.32. The van der Waals surface area contributed by atoms with Gasteiger partial charge in [0.05, 0.1) is 6.10 Å². The number of nitrogens with two attached hydrogens (primary N) is 1. The van der Waals surface area contributed by atoms with Gasteiger partial charge in [0.25, 0.3) is 0 Å².